The molecule has 94 valence electrons. The molecule has 1 fully saturated rings. The van der Waals surface area contributed by atoms with Gasteiger partial charge in [0.15, 0.2) is 0 Å². The number of methoxy groups -OCH3 is 1. The Balaban J connectivity index is 2.24. The lowest BCUT2D eigenvalue weighted by molar-refractivity contribution is 0.330. The standard InChI is InChI=1S/C14H18BrClO/c1-17-13-5-4-12(15)8-11(13)9-14(10-16)6-2-3-7-14/h4-5,8H,2-3,6-7,9-10H2,1H3. The molecule has 0 unspecified atom stereocenters. The molecule has 0 amide bonds. The Hall–Kier alpha value is -0.210. The van der Waals surface area contributed by atoms with Crippen LogP contribution >= 0.6 is 27.5 Å². The second-order valence-corrected chi connectivity index (χ2v) is 6.16. The second-order valence-electron chi connectivity index (χ2n) is 4.97. The van der Waals surface area contributed by atoms with E-state index in [4.69, 9.17) is 16.3 Å². The molecular weight excluding hydrogens is 300 g/mol. The van der Waals surface area contributed by atoms with E-state index in [2.05, 4.69) is 22.0 Å². The van der Waals surface area contributed by atoms with Gasteiger partial charge in [-0.3, -0.25) is 0 Å². The van der Waals surface area contributed by atoms with E-state index in [-0.39, 0.29) is 5.41 Å². The predicted molar refractivity (Wildman–Crippen MR) is 76.0 cm³/mol. The number of benzene rings is 1. The predicted octanol–water partition coefficient (Wildman–Crippen LogP) is 4.80. The molecule has 0 aliphatic heterocycles. The third-order valence-electron chi connectivity index (χ3n) is 3.76. The summed E-state index contributed by atoms with van der Waals surface area (Å²) in [5, 5.41) is 0. The lowest BCUT2D eigenvalue weighted by atomic mass is 9.82. The van der Waals surface area contributed by atoms with E-state index in [1.165, 1.54) is 31.2 Å². The molecule has 2 rings (SSSR count). The zero-order chi connectivity index (χ0) is 12.3. The molecule has 1 aliphatic carbocycles. The first-order chi connectivity index (χ1) is 8.19. The average molecular weight is 318 g/mol. The number of alkyl halides is 1. The molecule has 17 heavy (non-hydrogen) atoms. The van der Waals surface area contributed by atoms with Crippen LogP contribution in [0.1, 0.15) is 31.2 Å². The van der Waals surface area contributed by atoms with Crippen LogP contribution in [-0.2, 0) is 6.42 Å². The van der Waals surface area contributed by atoms with Gasteiger partial charge in [-0.1, -0.05) is 28.8 Å². The minimum absolute atomic E-state index is 0.287. The van der Waals surface area contributed by atoms with Crippen molar-refractivity contribution in [2.75, 3.05) is 13.0 Å². The first-order valence-corrected chi connectivity index (χ1v) is 7.40. The number of rotatable bonds is 4. The van der Waals surface area contributed by atoms with Gasteiger partial charge in [0.05, 0.1) is 7.11 Å². The first kappa shape index (κ1) is 13.2. The highest BCUT2D eigenvalue weighted by Crippen LogP contribution is 2.43. The molecule has 0 bridgehead atoms. The monoisotopic (exact) mass is 316 g/mol. The molecule has 1 nitrogen and oxygen atoms in total. The van der Waals surface area contributed by atoms with Crippen LogP contribution in [0.4, 0.5) is 0 Å². The fourth-order valence-electron chi connectivity index (χ4n) is 2.77. The van der Waals surface area contributed by atoms with Crippen molar-refractivity contribution >= 4 is 27.5 Å². The van der Waals surface area contributed by atoms with Crippen molar-refractivity contribution in [2.45, 2.75) is 32.1 Å². The quantitative estimate of drug-likeness (QED) is 0.725. The summed E-state index contributed by atoms with van der Waals surface area (Å²) in [5.74, 6) is 1.73. The second kappa shape index (κ2) is 5.62. The van der Waals surface area contributed by atoms with Gasteiger partial charge in [0.2, 0.25) is 0 Å². The minimum atomic E-state index is 0.287. The highest BCUT2D eigenvalue weighted by atomic mass is 79.9. The van der Waals surface area contributed by atoms with Gasteiger partial charge in [-0.15, -0.1) is 11.6 Å². The molecule has 0 saturated heterocycles. The maximum Gasteiger partial charge on any atom is 0.122 e. The van der Waals surface area contributed by atoms with Crippen molar-refractivity contribution in [1.29, 1.82) is 0 Å². The summed E-state index contributed by atoms with van der Waals surface area (Å²) in [6.45, 7) is 0. The summed E-state index contributed by atoms with van der Waals surface area (Å²) in [6.07, 6.45) is 6.13. The number of ether oxygens (including phenoxy) is 1. The third-order valence-corrected chi connectivity index (χ3v) is 4.82. The van der Waals surface area contributed by atoms with E-state index in [1.54, 1.807) is 7.11 Å². The van der Waals surface area contributed by atoms with E-state index in [0.717, 1.165) is 22.5 Å². The van der Waals surface area contributed by atoms with Gasteiger partial charge in [-0.2, -0.15) is 0 Å². The highest BCUT2D eigenvalue weighted by molar-refractivity contribution is 9.10. The number of hydrogen-bond acceptors (Lipinski definition) is 1. The Morgan fingerprint density at radius 3 is 2.65 bits per heavy atom. The van der Waals surface area contributed by atoms with Crippen LogP contribution in [0.15, 0.2) is 22.7 Å². The summed E-state index contributed by atoms with van der Waals surface area (Å²) in [6, 6.07) is 6.20. The Morgan fingerprint density at radius 1 is 1.35 bits per heavy atom. The summed E-state index contributed by atoms with van der Waals surface area (Å²) in [4.78, 5) is 0. The number of halogens is 2. The zero-order valence-electron chi connectivity index (χ0n) is 10.1. The lowest BCUT2D eigenvalue weighted by Crippen LogP contribution is -2.22. The molecular formula is C14H18BrClO. The van der Waals surface area contributed by atoms with E-state index in [9.17, 15) is 0 Å². The normalized spacial score (nSPS) is 18.3. The molecule has 0 N–H and O–H groups in total. The maximum absolute atomic E-state index is 6.20. The fourth-order valence-corrected chi connectivity index (χ4v) is 3.54. The maximum atomic E-state index is 6.20. The molecule has 1 aliphatic rings. The van der Waals surface area contributed by atoms with Crippen molar-refractivity contribution in [3.05, 3.63) is 28.2 Å². The van der Waals surface area contributed by atoms with Crippen molar-refractivity contribution in [1.82, 2.24) is 0 Å². The van der Waals surface area contributed by atoms with Gasteiger partial charge in [-0.05, 0) is 48.4 Å². The highest BCUT2D eigenvalue weighted by Gasteiger charge is 2.33. The SMILES string of the molecule is COc1ccc(Br)cc1CC1(CCl)CCCC1. The molecule has 3 heteroatoms. The lowest BCUT2D eigenvalue weighted by Gasteiger charge is -2.27. The van der Waals surface area contributed by atoms with Gasteiger partial charge >= 0.3 is 0 Å². The van der Waals surface area contributed by atoms with E-state index in [1.807, 2.05) is 12.1 Å². The largest absolute Gasteiger partial charge is 0.496 e. The van der Waals surface area contributed by atoms with Gasteiger partial charge in [0.1, 0.15) is 5.75 Å². The zero-order valence-corrected chi connectivity index (χ0v) is 12.5. The van der Waals surface area contributed by atoms with Crippen molar-refractivity contribution in [3.8, 4) is 5.75 Å². The number of hydrogen-bond donors (Lipinski definition) is 0. The van der Waals surface area contributed by atoms with E-state index < -0.39 is 0 Å². The minimum Gasteiger partial charge on any atom is -0.496 e. The van der Waals surface area contributed by atoms with Crippen LogP contribution in [-0.4, -0.2) is 13.0 Å². The molecule has 1 aromatic rings. The van der Waals surface area contributed by atoms with Crippen LogP contribution in [0.3, 0.4) is 0 Å². The Labute approximate surface area is 117 Å². The van der Waals surface area contributed by atoms with Gasteiger partial charge in [0.25, 0.3) is 0 Å². The molecule has 0 radical (unpaired) electrons. The third kappa shape index (κ3) is 2.97. The van der Waals surface area contributed by atoms with Crippen LogP contribution < -0.4 is 4.74 Å². The molecule has 0 atom stereocenters. The van der Waals surface area contributed by atoms with E-state index in [0.29, 0.717) is 0 Å². The van der Waals surface area contributed by atoms with Crippen molar-refractivity contribution in [2.24, 2.45) is 5.41 Å². The van der Waals surface area contributed by atoms with Gasteiger partial charge < -0.3 is 4.74 Å². The van der Waals surface area contributed by atoms with Crippen molar-refractivity contribution in [3.63, 3.8) is 0 Å². The summed E-state index contributed by atoms with van der Waals surface area (Å²) >= 11 is 9.72. The fraction of sp³-hybridized carbons (Fsp3) is 0.571. The Bertz CT molecular complexity index is 386. The molecule has 1 aromatic carbocycles. The Morgan fingerprint density at radius 2 is 2.06 bits per heavy atom. The van der Waals surface area contributed by atoms with Crippen LogP contribution in [0.2, 0.25) is 0 Å². The van der Waals surface area contributed by atoms with E-state index >= 15 is 0 Å². The van der Waals surface area contributed by atoms with Crippen LogP contribution in [0.5, 0.6) is 5.75 Å². The van der Waals surface area contributed by atoms with Crippen LogP contribution in [0.25, 0.3) is 0 Å². The van der Waals surface area contributed by atoms with Gasteiger partial charge in [0, 0.05) is 10.4 Å². The Kier molecular flexibility index (Phi) is 4.37. The average Bonchev–Trinajstić information content (AvgIpc) is 2.79. The van der Waals surface area contributed by atoms with Crippen molar-refractivity contribution < 1.29 is 4.74 Å². The first-order valence-electron chi connectivity index (χ1n) is 6.07. The smallest absolute Gasteiger partial charge is 0.122 e. The summed E-state index contributed by atoms with van der Waals surface area (Å²) < 4.78 is 6.54. The van der Waals surface area contributed by atoms with Crippen LogP contribution in [0, 0.1) is 5.41 Å². The van der Waals surface area contributed by atoms with Gasteiger partial charge in [-0.25, -0.2) is 0 Å². The topological polar surface area (TPSA) is 9.23 Å². The summed E-state index contributed by atoms with van der Waals surface area (Å²) in [7, 11) is 1.73. The molecule has 0 aromatic heterocycles. The molecule has 1 saturated carbocycles. The summed E-state index contributed by atoms with van der Waals surface area (Å²) in [5.41, 5.74) is 1.56. The molecule has 0 spiro atoms. The molecule has 0 heterocycles.